The second-order valence-corrected chi connectivity index (χ2v) is 8.39. The number of nitrogens with one attached hydrogen (secondary N) is 1. The van der Waals surface area contributed by atoms with Crippen LogP contribution in [0.1, 0.15) is 43.0 Å². The van der Waals surface area contributed by atoms with Crippen LogP contribution in [0.25, 0.3) is 0 Å². The molecule has 23 heavy (non-hydrogen) atoms. The molecule has 1 N–H and O–H groups in total. The maximum Gasteiger partial charge on any atom is 0.251 e. The quantitative estimate of drug-likeness (QED) is 0.864. The summed E-state index contributed by atoms with van der Waals surface area (Å²) in [5.74, 6) is 0.446. The average molecular weight is 339 g/mol. The highest BCUT2D eigenvalue weighted by Gasteiger charge is 2.21. The molecule has 5 nitrogen and oxygen atoms in total. The van der Waals surface area contributed by atoms with Crippen molar-refractivity contribution in [3.63, 3.8) is 0 Å². The third-order valence-corrected chi connectivity index (χ3v) is 6.00. The second-order valence-electron chi connectivity index (χ2n) is 6.28. The van der Waals surface area contributed by atoms with Gasteiger partial charge in [-0.3, -0.25) is 4.79 Å². The van der Waals surface area contributed by atoms with Crippen molar-refractivity contribution >= 4 is 15.7 Å². The summed E-state index contributed by atoms with van der Waals surface area (Å²) in [4.78, 5) is 12.5. The van der Waals surface area contributed by atoms with Crippen molar-refractivity contribution in [1.82, 2.24) is 5.32 Å². The maximum atomic E-state index is 12.3. The highest BCUT2D eigenvalue weighted by Crippen LogP contribution is 2.23. The zero-order valence-electron chi connectivity index (χ0n) is 13.7. The van der Waals surface area contributed by atoms with Crippen LogP contribution >= 0.6 is 0 Å². The Morgan fingerprint density at radius 2 is 1.96 bits per heavy atom. The number of amides is 1. The number of benzene rings is 1. The molecule has 0 radical (unpaired) electrons. The number of hydrogen-bond donors (Lipinski definition) is 1. The van der Waals surface area contributed by atoms with E-state index in [0.29, 0.717) is 11.5 Å². The van der Waals surface area contributed by atoms with Crippen LogP contribution in [-0.4, -0.2) is 39.8 Å². The Balaban J connectivity index is 2.00. The lowest BCUT2D eigenvalue weighted by Crippen LogP contribution is -2.37. The van der Waals surface area contributed by atoms with E-state index in [2.05, 4.69) is 12.2 Å². The van der Waals surface area contributed by atoms with Crippen LogP contribution in [0.15, 0.2) is 29.2 Å². The molecule has 0 unspecified atom stereocenters. The Labute approximate surface area is 138 Å². The summed E-state index contributed by atoms with van der Waals surface area (Å²) in [5.41, 5.74) is 0.494. The first-order valence-corrected chi connectivity index (χ1v) is 9.70. The monoisotopic (exact) mass is 339 g/mol. The Hall–Kier alpha value is -1.40. The fraction of sp³-hybridized carbons (Fsp3) is 0.588. The molecule has 1 aromatic rings. The molecule has 0 bridgehead atoms. The van der Waals surface area contributed by atoms with Crippen molar-refractivity contribution in [2.24, 2.45) is 5.92 Å². The first-order chi connectivity index (χ1) is 10.9. The number of carbonyl (C=O) groups excluding carboxylic acids is 1. The zero-order valence-corrected chi connectivity index (χ0v) is 14.6. The van der Waals surface area contributed by atoms with E-state index in [0.717, 1.165) is 19.3 Å². The van der Waals surface area contributed by atoms with Gasteiger partial charge < -0.3 is 10.1 Å². The third-order valence-electron chi connectivity index (χ3n) is 4.30. The van der Waals surface area contributed by atoms with Crippen LogP contribution in [-0.2, 0) is 14.6 Å². The summed E-state index contributed by atoms with van der Waals surface area (Å²) in [7, 11) is -1.89. The van der Waals surface area contributed by atoms with Gasteiger partial charge in [0.1, 0.15) is 0 Å². The van der Waals surface area contributed by atoms with Gasteiger partial charge >= 0.3 is 0 Å². The summed E-state index contributed by atoms with van der Waals surface area (Å²) in [5, 5.41) is 3.05. The fourth-order valence-electron chi connectivity index (χ4n) is 2.96. The normalized spacial score (nSPS) is 21.8. The molecular formula is C17H25NO4S. The Bertz CT molecular complexity index is 624. The van der Waals surface area contributed by atoms with Crippen molar-refractivity contribution in [1.29, 1.82) is 0 Å². The van der Waals surface area contributed by atoms with Gasteiger partial charge in [-0.15, -0.1) is 0 Å². The van der Waals surface area contributed by atoms with Gasteiger partial charge in [0.05, 0.1) is 17.3 Å². The number of carbonyl (C=O) groups is 1. The molecule has 1 aliphatic carbocycles. The van der Waals surface area contributed by atoms with E-state index in [9.17, 15) is 13.2 Å². The van der Waals surface area contributed by atoms with Gasteiger partial charge in [0, 0.05) is 18.7 Å². The number of ether oxygens (including phenoxy) is 1. The number of rotatable bonds is 6. The van der Waals surface area contributed by atoms with Gasteiger partial charge in [-0.1, -0.05) is 19.8 Å². The van der Waals surface area contributed by atoms with Crippen LogP contribution in [0.3, 0.4) is 0 Å². The van der Waals surface area contributed by atoms with Crippen LogP contribution < -0.4 is 5.32 Å². The van der Waals surface area contributed by atoms with Crippen molar-refractivity contribution in [2.75, 3.05) is 19.5 Å². The Kier molecular flexibility index (Phi) is 6.18. The number of methoxy groups -OCH3 is 1. The lowest BCUT2D eigenvalue weighted by Gasteiger charge is -2.27. The summed E-state index contributed by atoms with van der Waals surface area (Å²) in [6.07, 6.45) is 4.39. The summed E-state index contributed by atoms with van der Waals surface area (Å²) in [6, 6.07) is 6.34. The molecule has 128 valence electrons. The van der Waals surface area contributed by atoms with Gasteiger partial charge in [0.2, 0.25) is 0 Å². The number of hydrogen-bond acceptors (Lipinski definition) is 4. The molecule has 1 aromatic carbocycles. The smallest absolute Gasteiger partial charge is 0.251 e. The summed E-state index contributed by atoms with van der Waals surface area (Å²) < 4.78 is 28.9. The van der Waals surface area contributed by atoms with E-state index < -0.39 is 9.84 Å². The summed E-state index contributed by atoms with van der Waals surface area (Å²) >= 11 is 0. The molecule has 0 aromatic heterocycles. The lowest BCUT2D eigenvalue weighted by molar-refractivity contribution is 0.0921. The number of sulfone groups is 1. The minimum Gasteiger partial charge on any atom is -0.384 e. The zero-order chi connectivity index (χ0) is 16.9. The molecule has 0 saturated heterocycles. The molecule has 6 heteroatoms. The van der Waals surface area contributed by atoms with Gasteiger partial charge in [-0.05, 0) is 43.0 Å². The minimum atomic E-state index is -3.36. The van der Waals surface area contributed by atoms with Gasteiger partial charge in [0.25, 0.3) is 5.91 Å². The first-order valence-electron chi connectivity index (χ1n) is 8.05. The van der Waals surface area contributed by atoms with Crippen LogP contribution in [0.5, 0.6) is 0 Å². The predicted molar refractivity (Wildman–Crippen MR) is 89.3 cm³/mol. The second kappa shape index (κ2) is 7.93. The SMILES string of the molecule is COCCS(=O)(=O)c1ccc(C(=O)N[C@@H]2CCC[C@H](C)C2)cc1. The molecule has 1 amide bonds. The molecule has 0 spiro atoms. The van der Waals surface area contributed by atoms with E-state index in [1.165, 1.54) is 25.7 Å². The van der Waals surface area contributed by atoms with E-state index in [1.54, 1.807) is 12.1 Å². The van der Waals surface area contributed by atoms with E-state index in [4.69, 9.17) is 4.74 Å². The minimum absolute atomic E-state index is 0.0605. The highest BCUT2D eigenvalue weighted by molar-refractivity contribution is 7.91. The summed E-state index contributed by atoms with van der Waals surface area (Å²) in [6.45, 7) is 2.36. The van der Waals surface area contributed by atoms with Gasteiger partial charge in [-0.25, -0.2) is 8.42 Å². The van der Waals surface area contributed by atoms with E-state index in [-0.39, 0.29) is 29.2 Å². The predicted octanol–water partition coefficient (Wildman–Crippen LogP) is 2.42. The topological polar surface area (TPSA) is 72.5 Å². The molecule has 1 aliphatic rings. The van der Waals surface area contributed by atoms with Crippen molar-refractivity contribution < 1.29 is 17.9 Å². The van der Waals surface area contributed by atoms with E-state index >= 15 is 0 Å². The van der Waals surface area contributed by atoms with Crippen LogP contribution in [0.2, 0.25) is 0 Å². The average Bonchev–Trinajstić information content (AvgIpc) is 2.53. The molecule has 2 atom stereocenters. The highest BCUT2D eigenvalue weighted by atomic mass is 32.2. The standard InChI is InChI=1S/C17H25NO4S/c1-13-4-3-5-15(12-13)18-17(19)14-6-8-16(9-7-14)23(20,21)11-10-22-2/h6-9,13,15H,3-5,10-12H2,1-2H3,(H,18,19)/t13-,15+/m0/s1. The van der Waals surface area contributed by atoms with Crippen molar-refractivity contribution in [2.45, 2.75) is 43.5 Å². The molecule has 0 aliphatic heterocycles. The Morgan fingerprint density at radius 3 is 2.57 bits per heavy atom. The van der Waals surface area contributed by atoms with E-state index in [1.807, 2.05) is 0 Å². The van der Waals surface area contributed by atoms with Gasteiger partial charge in [-0.2, -0.15) is 0 Å². The van der Waals surface area contributed by atoms with Crippen molar-refractivity contribution in [3.8, 4) is 0 Å². The van der Waals surface area contributed by atoms with Crippen LogP contribution in [0.4, 0.5) is 0 Å². The Morgan fingerprint density at radius 1 is 1.26 bits per heavy atom. The van der Waals surface area contributed by atoms with Gasteiger partial charge in [0.15, 0.2) is 9.84 Å². The molecule has 0 heterocycles. The van der Waals surface area contributed by atoms with Crippen molar-refractivity contribution in [3.05, 3.63) is 29.8 Å². The lowest BCUT2D eigenvalue weighted by atomic mass is 9.87. The molecular weight excluding hydrogens is 314 g/mol. The molecule has 1 saturated carbocycles. The first kappa shape index (κ1) is 17.9. The maximum absolute atomic E-state index is 12.3. The molecule has 2 rings (SSSR count). The third kappa shape index (κ3) is 5.04. The largest absolute Gasteiger partial charge is 0.384 e. The van der Waals surface area contributed by atoms with Crippen LogP contribution in [0, 0.1) is 5.92 Å². The molecule has 1 fully saturated rings. The fourth-order valence-corrected chi connectivity index (χ4v) is 4.13.